The van der Waals surface area contributed by atoms with E-state index in [2.05, 4.69) is 0 Å². The second kappa shape index (κ2) is 4.42. The summed E-state index contributed by atoms with van der Waals surface area (Å²) in [6.07, 6.45) is 0. The van der Waals surface area contributed by atoms with Gasteiger partial charge in [-0.05, 0) is 18.6 Å². The highest BCUT2D eigenvalue weighted by Crippen LogP contribution is 2.19. The van der Waals surface area contributed by atoms with Crippen LogP contribution in [0, 0.1) is 12.7 Å². The van der Waals surface area contributed by atoms with Crippen LogP contribution >= 0.6 is 11.8 Å². The van der Waals surface area contributed by atoms with E-state index in [0.29, 0.717) is 11.3 Å². The summed E-state index contributed by atoms with van der Waals surface area (Å²) in [6.45, 7) is 3.33. The smallest absolute Gasteiger partial charge is 0.186 e. The van der Waals surface area contributed by atoms with Gasteiger partial charge < -0.3 is 0 Å². The van der Waals surface area contributed by atoms with Crippen LogP contribution in [0.3, 0.4) is 0 Å². The predicted octanol–water partition coefficient (Wildman–Crippen LogP) is 2.91. The third kappa shape index (κ3) is 2.84. The van der Waals surface area contributed by atoms with E-state index in [-0.39, 0.29) is 10.9 Å². The van der Waals surface area contributed by atoms with Crippen molar-refractivity contribution in [1.29, 1.82) is 0 Å². The minimum absolute atomic E-state index is 0.0163. The number of aryl methyl sites for hydroxylation is 1. The zero-order valence-electron chi connectivity index (χ0n) is 7.63. The molecule has 0 bridgehead atoms. The Balaban J connectivity index is 2.81. The van der Waals surface area contributed by atoms with Gasteiger partial charge in [-0.3, -0.25) is 4.79 Å². The van der Waals surface area contributed by atoms with E-state index in [1.807, 2.05) is 13.0 Å². The topological polar surface area (TPSA) is 17.1 Å². The van der Waals surface area contributed by atoms with Gasteiger partial charge in [0.05, 0.1) is 0 Å². The molecule has 1 rings (SSSR count). The molecule has 0 aliphatic heterocycles. The summed E-state index contributed by atoms with van der Waals surface area (Å²) in [6, 6.07) is 4.94. The van der Waals surface area contributed by atoms with Crippen LogP contribution in [0.25, 0.3) is 0 Å². The molecule has 1 nitrogen and oxygen atoms in total. The van der Waals surface area contributed by atoms with E-state index in [1.54, 1.807) is 6.07 Å². The molecule has 1 aromatic carbocycles. The molecule has 13 heavy (non-hydrogen) atoms. The molecule has 0 heterocycles. The van der Waals surface area contributed by atoms with E-state index in [9.17, 15) is 9.18 Å². The number of hydrogen-bond acceptors (Lipinski definition) is 2. The Morgan fingerprint density at radius 2 is 2.23 bits per heavy atom. The van der Waals surface area contributed by atoms with Crippen LogP contribution < -0.4 is 0 Å². The van der Waals surface area contributed by atoms with Gasteiger partial charge in [-0.25, -0.2) is 4.39 Å². The summed E-state index contributed by atoms with van der Waals surface area (Å²) in [5.41, 5.74) is 1.52. The highest BCUT2D eigenvalue weighted by atomic mass is 32.2. The summed E-state index contributed by atoms with van der Waals surface area (Å²) in [7, 11) is 0. The Morgan fingerprint density at radius 1 is 1.54 bits per heavy atom. The first kappa shape index (κ1) is 10.3. The molecule has 0 aliphatic carbocycles. The van der Waals surface area contributed by atoms with Gasteiger partial charge in [0, 0.05) is 18.2 Å². The molecule has 70 valence electrons. The molecule has 0 N–H and O–H groups in total. The van der Waals surface area contributed by atoms with Gasteiger partial charge in [-0.15, -0.1) is 0 Å². The van der Waals surface area contributed by atoms with Crippen LogP contribution in [0.4, 0.5) is 4.39 Å². The number of carbonyl (C=O) groups excluding carboxylic acids is 1. The monoisotopic (exact) mass is 198 g/mol. The second-order valence-corrected chi connectivity index (χ2v) is 3.97. The normalized spacial score (nSPS) is 10.1. The molecule has 0 fully saturated rings. The summed E-state index contributed by atoms with van der Waals surface area (Å²) >= 11 is 1.13. The zero-order chi connectivity index (χ0) is 9.84. The van der Waals surface area contributed by atoms with Crippen LogP contribution in [-0.4, -0.2) is 5.12 Å². The maximum atomic E-state index is 13.2. The molecule has 0 aromatic heterocycles. The van der Waals surface area contributed by atoms with E-state index in [0.717, 1.165) is 17.3 Å². The van der Waals surface area contributed by atoms with Crippen molar-refractivity contribution >= 4 is 16.9 Å². The van der Waals surface area contributed by atoms with Crippen LogP contribution in [0.15, 0.2) is 18.2 Å². The number of halogens is 1. The lowest BCUT2D eigenvalue weighted by Crippen LogP contribution is -1.93. The average molecular weight is 198 g/mol. The summed E-state index contributed by atoms with van der Waals surface area (Å²) < 4.78 is 13.2. The van der Waals surface area contributed by atoms with Gasteiger partial charge in [-0.2, -0.15) is 0 Å². The van der Waals surface area contributed by atoms with Gasteiger partial charge in [0.25, 0.3) is 0 Å². The highest BCUT2D eigenvalue weighted by Gasteiger charge is 2.05. The first-order chi connectivity index (χ1) is 6.11. The SMILES string of the molecule is CC(=O)SCc1c(C)cccc1F. The lowest BCUT2D eigenvalue weighted by Gasteiger charge is -2.04. The van der Waals surface area contributed by atoms with Crippen molar-refractivity contribution < 1.29 is 9.18 Å². The molecule has 0 amide bonds. The first-order valence-corrected chi connectivity index (χ1v) is 4.97. The van der Waals surface area contributed by atoms with Crippen molar-refractivity contribution in [2.24, 2.45) is 0 Å². The van der Waals surface area contributed by atoms with Crippen LogP contribution in [0.2, 0.25) is 0 Å². The predicted molar refractivity (Wildman–Crippen MR) is 53.1 cm³/mol. The van der Waals surface area contributed by atoms with Crippen LogP contribution in [0.1, 0.15) is 18.1 Å². The molecule has 0 radical (unpaired) electrons. The molecule has 0 unspecified atom stereocenters. The fourth-order valence-electron chi connectivity index (χ4n) is 1.02. The maximum absolute atomic E-state index is 13.2. The lowest BCUT2D eigenvalue weighted by molar-refractivity contribution is -0.109. The number of benzene rings is 1. The highest BCUT2D eigenvalue weighted by molar-refractivity contribution is 8.12. The average Bonchev–Trinajstić information content (AvgIpc) is 2.03. The standard InChI is InChI=1S/C10H11FOS/c1-7-4-3-5-10(11)9(7)6-13-8(2)12/h3-5H,6H2,1-2H3. The quantitative estimate of drug-likeness (QED) is 0.726. The van der Waals surface area contributed by atoms with E-state index >= 15 is 0 Å². The molecule has 0 saturated heterocycles. The Morgan fingerprint density at radius 3 is 2.77 bits per heavy atom. The van der Waals surface area contributed by atoms with Crippen molar-refractivity contribution in [3.05, 3.63) is 35.1 Å². The van der Waals surface area contributed by atoms with Gasteiger partial charge in [-0.1, -0.05) is 23.9 Å². The largest absolute Gasteiger partial charge is 0.288 e. The van der Waals surface area contributed by atoms with Gasteiger partial charge >= 0.3 is 0 Å². The molecule has 3 heteroatoms. The van der Waals surface area contributed by atoms with Crippen molar-refractivity contribution in [3.8, 4) is 0 Å². The molecule has 0 saturated carbocycles. The fraction of sp³-hybridized carbons (Fsp3) is 0.300. The first-order valence-electron chi connectivity index (χ1n) is 3.98. The van der Waals surface area contributed by atoms with Crippen LogP contribution in [0.5, 0.6) is 0 Å². The molecule has 0 atom stereocenters. The van der Waals surface area contributed by atoms with E-state index in [1.165, 1.54) is 13.0 Å². The molecule has 1 aromatic rings. The van der Waals surface area contributed by atoms with Gasteiger partial charge in [0.2, 0.25) is 0 Å². The maximum Gasteiger partial charge on any atom is 0.186 e. The Kier molecular flexibility index (Phi) is 3.48. The van der Waals surface area contributed by atoms with Crippen molar-refractivity contribution in [2.75, 3.05) is 0 Å². The number of rotatable bonds is 2. The Bertz CT molecular complexity index is 302. The second-order valence-electron chi connectivity index (χ2n) is 2.82. The zero-order valence-corrected chi connectivity index (χ0v) is 8.45. The molecule has 0 aliphatic rings. The summed E-state index contributed by atoms with van der Waals surface area (Å²) in [4.78, 5) is 10.7. The van der Waals surface area contributed by atoms with E-state index < -0.39 is 0 Å². The summed E-state index contributed by atoms with van der Waals surface area (Å²) in [5, 5.41) is 0.0163. The Hall–Kier alpha value is -0.830. The third-order valence-corrected chi connectivity index (χ3v) is 2.61. The van der Waals surface area contributed by atoms with E-state index in [4.69, 9.17) is 0 Å². The van der Waals surface area contributed by atoms with Crippen LogP contribution in [-0.2, 0) is 10.5 Å². The molecule has 0 spiro atoms. The minimum Gasteiger partial charge on any atom is -0.288 e. The number of hydrogen-bond donors (Lipinski definition) is 0. The third-order valence-electron chi connectivity index (χ3n) is 1.77. The number of carbonyl (C=O) groups is 1. The van der Waals surface area contributed by atoms with Crippen molar-refractivity contribution in [2.45, 2.75) is 19.6 Å². The van der Waals surface area contributed by atoms with Gasteiger partial charge in [0.1, 0.15) is 5.82 Å². The minimum atomic E-state index is -0.228. The van der Waals surface area contributed by atoms with Gasteiger partial charge in [0.15, 0.2) is 5.12 Å². The molecular weight excluding hydrogens is 187 g/mol. The number of thioether (sulfide) groups is 1. The fourth-order valence-corrected chi connectivity index (χ4v) is 1.74. The summed E-state index contributed by atoms with van der Waals surface area (Å²) in [5.74, 6) is 0.196. The van der Waals surface area contributed by atoms with Crippen molar-refractivity contribution in [1.82, 2.24) is 0 Å². The van der Waals surface area contributed by atoms with Crippen molar-refractivity contribution in [3.63, 3.8) is 0 Å². The lowest BCUT2D eigenvalue weighted by atomic mass is 10.1. The Labute approximate surface area is 81.3 Å². The molecular formula is C10H11FOS.